The Morgan fingerprint density at radius 2 is 1.57 bits per heavy atom. The van der Waals surface area contributed by atoms with E-state index in [1.54, 1.807) is 0 Å². The highest BCUT2D eigenvalue weighted by Gasteiger charge is 2.45. The van der Waals surface area contributed by atoms with Gasteiger partial charge in [-0.3, -0.25) is 0 Å². The van der Waals surface area contributed by atoms with Crippen molar-refractivity contribution >= 4 is 27.3 Å². The Morgan fingerprint density at radius 1 is 0.810 bits per heavy atom. The Morgan fingerprint density at radius 3 is 2.48 bits per heavy atom. The highest BCUT2D eigenvalue weighted by atomic mass is 16.6. The van der Waals surface area contributed by atoms with Gasteiger partial charge in [-0.2, -0.15) is 0 Å². The van der Waals surface area contributed by atoms with Gasteiger partial charge in [-0.25, -0.2) is 0 Å². The highest BCUT2D eigenvalue weighted by molar-refractivity contribution is 6.13. The SMILES string of the molecule is O[C@@H]1C2=C(O2)c2c(ccc3ccc4ccccc4c23)[C@H]1O. The zero-order valence-corrected chi connectivity index (χ0v) is 11.1. The summed E-state index contributed by atoms with van der Waals surface area (Å²) in [5, 5.41) is 24.8. The van der Waals surface area contributed by atoms with Crippen LogP contribution >= 0.6 is 0 Å². The first-order valence-electron chi connectivity index (χ1n) is 6.98. The topological polar surface area (TPSA) is 53.0 Å². The summed E-state index contributed by atoms with van der Waals surface area (Å²) in [7, 11) is 0. The van der Waals surface area contributed by atoms with E-state index in [4.69, 9.17) is 4.74 Å². The minimum absolute atomic E-state index is 0.510. The van der Waals surface area contributed by atoms with Crippen molar-refractivity contribution in [1.82, 2.24) is 0 Å². The lowest BCUT2D eigenvalue weighted by atomic mass is 9.87. The minimum Gasteiger partial charge on any atom is -0.451 e. The number of hydrogen-bond acceptors (Lipinski definition) is 3. The van der Waals surface area contributed by atoms with Gasteiger partial charge in [0, 0.05) is 10.9 Å². The molecule has 0 amide bonds. The molecule has 2 aliphatic rings. The zero-order valence-electron chi connectivity index (χ0n) is 11.1. The van der Waals surface area contributed by atoms with Crippen LogP contribution in [-0.2, 0) is 4.74 Å². The van der Waals surface area contributed by atoms with Crippen molar-refractivity contribution in [2.24, 2.45) is 0 Å². The molecule has 0 radical (unpaired) electrons. The van der Waals surface area contributed by atoms with E-state index in [2.05, 4.69) is 24.3 Å². The molecule has 3 nitrogen and oxygen atoms in total. The van der Waals surface area contributed by atoms with Gasteiger partial charge in [-0.15, -0.1) is 0 Å². The maximum atomic E-state index is 10.3. The van der Waals surface area contributed by atoms with Crippen molar-refractivity contribution < 1.29 is 14.9 Å². The molecule has 0 fully saturated rings. The third-order valence-electron chi connectivity index (χ3n) is 4.45. The molecular weight excluding hydrogens is 264 g/mol. The van der Waals surface area contributed by atoms with Crippen molar-refractivity contribution in [3.8, 4) is 0 Å². The molecule has 3 aromatic rings. The molecule has 0 saturated carbocycles. The fourth-order valence-electron chi connectivity index (χ4n) is 3.37. The quantitative estimate of drug-likeness (QED) is 0.620. The van der Waals surface area contributed by atoms with Crippen LogP contribution in [0.15, 0.2) is 54.3 Å². The number of rotatable bonds is 0. The number of hydrogen-bond donors (Lipinski definition) is 2. The van der Waals surface area contributed by atoms with Crippen molar-refractivity contribution in [3.63, 3.8) is 0 Å². The molecule has 3 heteroatoms. The Kier molecular flexibility index (Phi) is 1.96. The molecule has 0 saturated heterocycles. The molecule has 1 aliphatic carbocycles. The first-order chi connectivity index (χ1) is 10.3. The van der Waals surface area contributed by atoms with E-state index < -0.39 is 12.2 Å². The number of aliphatic hydroxyl groups excluding tert-OH is 2. The Bertz CT molecular complexity index is 955. The molecule has 0 spiro atoms. The fraction of sp³-hybridized carbons (Fsp3) is 0.111. The van der Waals surface area contributed by atoms with Crippen molar-refractivity contribution in [1.29, 1.82) is 0 Å². The smallest absolute Gasteiger partial charge is 0.179 e. The van der Waals surface area contributed by atoms with E-state index in [-0.39, 0.29) is 0 Å². The third-order valence-corrected chi connectivity index (χ3v) is 4.45. The Labute approximate surface area is 120 Å². The predicted molar refractivity (Wildman–Crippen MR) is 80.4 cm³/mol. The maximum absolute atomic E-state index is 10.3. The molecule has 21 heavy (non-hydrogen) atoms. The van der Waals surface area contributed by atoms with E-state index in [0.29, 0.717) is 5.76 Å². The van der Waals surface area contributed by atoms with Gasteiger partial charge in [0.15, 0.2) is 11.5 Å². The Hall–Kier alpha value is -2.36. The first-order valence-corrected chi connectivity index (χ1v) is 6.98. The van der Waals surface area contributed by atoms with Crippen LogP contribution in [0.2, 0.25) is 0 Å². The molecule has 0 aromatic heterocycles. The summed E-state index contributed by atoms with van der Waals surface area (Å²) < 4.78 is 5.47. The molecule has 1 aliphatic heterocycles. The maximum Gasteiger partial charge on any atom is 0.179 e. The van der Waals surface area contributed by atoms with Crippen LogP contribution in [0, 0.1) is 0 Å². The summed E-state index contributed by atoms with van der Waals surface area (Å²) in [6, 6.07) is 16.2. The van der Waals surface area contributed by atoms with E-state index >= 15 is 0 Å². The Balaban J connectivity index is 2.00. The summed E-state index contributed by atoms with van der Waals surface area (Å²) in [5.74, 6) is 1.24. The molecule has 1 heterocycles. The van der Waals surface area contributed by atoms with Gasteiger partial charge in [0.2, 0.25) is 0 Å². The summed E-state index contributed by atoms with van der Waals surface area (Å²) in [4.78, 5) is 0. The van der Waals surface area contributed by atoms with Crippen molar-refractivity contribution in [3.05, 3.63) is 65.4 Å². The molecule has 0 bridgehead atoms. The summed E-state index contributed by atoms with van der Waals surface area (Å²) in [5.41, 5.74) is 1.67. The minimum atomic E-state index is -0.945. The lowest BCUT2D eigenvalue weighted by Crippen LogP contribution is -2.20. The first kappa shape index (κ1) is 11.3. The molecular formula is C18H12O3. The molecule has 3 aromatic carbocycles. The highest BCUT2D eigenvalue weighted by Crippen LogP contribution is 2.51. The monoisotopic (exact) mass is 276 g/mol. The van der Waals surface area contributed by atoms with Crippen LogP contribution in [0.5, 0.6) is 0 Å². The van der Waals surface area contributed by atoms with Gasteiger partial charge in [-0.1, -0.05) is 48.5 Å². The van der Waals surface area contributed by atoms with Crippen LogP contribution in [-0.4, -0.2) is 16.3 Å². The number of fused-ring (bicyclic) bond motifs is 6. The van der Waals surface area contributed by atoms with Crippen LogP contribution < -0.4 is 0 Å². The van der Waals surface area contributed by atoms with Crippen molar-refractivity contribution in [2.45, 2.75) is 12.2 Å². The molecule has 5 rings (SSSR count). The third kappa shape index (κ3) is 1.35. The fourth-order valence-corrected chi connectivity index (χ4v) is 3.37. The number of benzene rings is 3. The van der Waals surface area contributed by atoms with Gasteiger partial charge in [0.1, 0.15) is 12.2 Å². The lowest BCUT2D eigenvalue weighted by Gasteiger charge is -2.20. The van der Waals surface area contributed by atoms with E-state index in [0.717, 1.165) is 38.4 Å². The summed E-state index contributed by atoms with van der Waals surface area (Å²) >= 11 is 0. The normalized spacial score (nSPS) is 23.0. The van der Waals surface area contributed by atoms with Crippen molar-refractivity contribution in [2.75, 3.05) is 0 Å². The standard InChI is InChI=1S/C18H12O3/c19-15-12-8-7-10-6-5-9-3-1-2-4-11(9)13(10)14(12)17-18(21-17)16(15)20/h1-8,15-16,19-20H/t15-,16+/m1/s1. The second kappa shape index (κ2) is 3.64. The zero-order chi connectivity index (χ0) is 14.1. The average molecular weight is 276 g/mol. The van der Waals surface area contributed by atoms with Gasteiger partial charge < -0.3 is 14.9 Å². The van der Waals surface area contributed by atoms with Gasteiger partial charge in [-0.05, 0) is 21.7 Å². The second-order valence-corrected chi connectivity index (χ2v) is 5.60. The largest absolute Gasteiger partial charge is 0.451 e. The van der Waals surface area contributed by atoms with E-state index in [9.17, 15) is 10.2 Å². The van der Waals surface area contributed by atoms with Crippen LogP contribution in [0.1, 0.15) is 17.2 Å². The van der Waals surface area contributed by atoms with Crippen LogP contribution in [0.3, 0.4) is 0 Å². The van der Waals surface area contributed by atoms with E-state index in [1.807, 2.05) is 24.3 Å². The molecule has 102 valence electrons. The summed E-state index contributed by atoms with van der Waals surface area (Å²) in [6.45, 7) is 0. The number of ether oxygens (including phenoxy) is 1. The van der Waals surface area contributed by atoms with Crippen LogP contribution in [0.4, 0.5) is 0 Å². The van der Waals surface area contributed by atoms with Gasteiger partial charge >= 0.3 is 0 Å². The van der Waals surface area contributed by atoms with Gasteiger partial charge in [0.25, 0.3) is 0 Å². The van der Waals surface area contributed by atoms with E-state index in [1.165, 1.54) is 0 Å². The predicted octanol–water partition coefficient (Wildman–Crippen LogP) is 3.10. The molecule has 2 atom stereocenters. The molecule has 2 N–H and O–H groups in total. The second-order valence-electron chi connectivity index (χ2n) is 5.60. The average Bonchev–Trinajstić information content (AvgIpc) is 3.32. The molecule has 0 unspecified atom stereocenters. The van der Waals surface area contributed by atoms with Crippen LogP contribution in [0.25, 0.3) is 27.3 Å². The number of aliphatic hydroxyl groups is 2. The van der Waals surface area contributed by atoms with Gasteiger partial charge in [0.05, 0.1) is 0 Å². The summed E-state index contributed by atoms with van der Waals surface area (Å²) in [6.07, 6.45) is -1.87. The lowest BCUT2D eigenvalue weighted by molar-refractivity contribution is 0.0325.